The molecule has 4 nitrogen and oxygen atoms in total. The Balaban J connectivity index is 1.88. The second kappa shape index (κ2) is 3.52. The summed E-state index contributed by atoms with van der Waals surface area (Å²) < 4.78 is 10.5. The molecule has 0 unspecified atom stereocenters. The highest BCUT2D eigenvalue weighted by Crippen LogP contribution is 2.40. The number of hydrogen-bond donors (Lipinski definition) is 2. The van der Waals surface area contributed by atoms with Gasteiger partial charge in [0.25, 0.3) is 0 Å². The van der Waals surface area contributed by atoms with Crippen LogP contribution in [0.3, 0.4) is 0 Å². The molecule has 2 heterocycles. The summed E-state index contributed by atoms with van der Waals surface area (Å²) in [6.45, 7) is 1.46. The fourth-order valence-electron chi connectivity index (χ4n) is 2.04. The van der Waals surface area contributed by atoms with Gasteiger partial charge in [-0.1, -0.05) is 11.6 Å². The van der Waals surface area contributed by atoms with Gasteiger partial charge in [-0.2, -0.15) is 0 Å². The Hall–Kier alpha value is -0.970. The van der Waals surface area contributed by atoms with E-state index in [4.69, 9.17) is 21.1 Å². The molecule has 0 aliphatic carbocycles. The third kappa shape index (κ3) is 1.63. The lowest BCUT2D eigenvalue weighted by atomic mass is 9.89. The van der Waals surface area contributed by atoms with Crippen LogP contribution in [0.4, 0.5) is 0 Å². The van der Waals surface area contributed by atoms with Gasteiger partial charge in [0.15, 0.2) is 11.5 Å². The van der Waals surface area contributed by atoms with Crippen molar-refractivity contribution >= 4 is 11.6 Å². The normalized spacial score (nSPS) is 20.6. The van der Waals surface area contributed by atoms with Gasteiger partial charge >= 0.3 is 0 Å². The summed E-state index contributed by atoms with van der Waals surface area (Å²) in [6.07, 6.45) is 0.580. The van der Waals surface area contributed by atoms with E-state index in [0.29, 0.717) is 36.0 Å². The monoisotopic (exact) mass is 241 g/mol. The van der Waals surface area contributed by atoms with Gasteiger partial charge in [-0.25, -0.2) is 0 Å². The second-order valence-electron chi connectivity index (χ2n) is 4.32. The number of nitrogens with one attached hydrogen (secondary N) is 1. The maximum absolute atomic E-state index is 10.0. The summed E-state index contributed by atoms with van der Waals surface area (Å²) >= 11 is 6.06. The second-order valence-corrected chi connectivity index (χ2v) is 4.72. The van der Waals surface area contributed by atoms with Gasteiger partial charge in [-0.3, -0.25) is 0 Å². The maximum atomic E-state index is 10.0. The third-order valence-corrected chi connectivity index (χ3v) is 3.21. The van der Waals surface area contributed by atoms with E-state index in [0.717, 1.165) is 5.56 Å². The van der Waals surface area contributed by atoms with Gasteiger partial charge in [0.05, 0.1) is 10.6 Å². The molecule has 0 spiro atoms. The minimum absolute atomic E-state index is 0.213. The van der Waals surface area contributed by atoms with Crippen LogP contribution in [-0.2, 0) is 6.42 Å². The molecule has 1 aromatic rings. The molecule has 16 heavy (non-hydrogen) atoms. The molecule has 1 fully saturated rings. The Morgan fingerprint density at radius 3 is 2.88 bits per heavy atom. The number of aliphatic hydroxyl groups is 1. The Kier molecular flexibility index (Phi) is 2.24. The molecule has 86 valence electrons. The molecular weight excluding hydrogens is 230 g/mol. The fraction of sp³-hybridized carbons (Fsp3) is 0.455. The zero-order chi connectivity index (χ0) is 11.2. The molecule has 0 aromatic heterocycles. The summed E-state index contributed by atoms with van der Waals surface area (Å²) in [6, 6.07) is 3.70. The average Bonchev–Trinajstić information content (AvgIpc) is 2.63. The van der Waals surface area contributed by atoms with E-state index >= 15 is 0 Å². The van der Waals surface area contributed by atoms with Crippen molar-refractivity contribution in [2.24, 2.45) is 0 Å². The van der Waals surface area contributed by atoms with Gasteiger partial charge in [0.2, 0.25) is 6.79 Å². The average molecular weight is 242 g/mol. The summed E-state index contributed by atoms with van der Waals surface area (Å²) in [4.78, 5) is 0. The Morgan fingerprint density at radius 2 is 2.19 bits per heavy atom. The highest BCUT2D eigenvalue weighted by Gasteiger charge is 2.34. The largest absolute Gasteiger partial charge is 0.454 e. The zero-order valence-electron chi connectivity index (χ0n) is 8.62. The van der Waals surface area contributed by atoms with Gasteiger partial charge in [0.1, 0.15) is 0 Å². The molecule has 3 rings (SSSR count). The first-order valence-electron chi connectivity index (χ1n) is 5.17. The number of β-amino-alcohol motifs (C(OH)–C–C–N with tert-alkyl or cyclic N) is 1. The topological polar surface area (TPSA) is 50.7 Å². The van der Waals surface area contributed by atoms with E-state index < -0.39 is 5.60 Å². The summed E-state index contributed by atoms with van der Waals surface area (Å²) in [7, 11) is 0. The number of halogens is 1. The summed E-state index contributed by atoms with van der Waals surface area (Å²) in [5.41, 5.74) is 0.329. The fourth-order valence-corrected chi connectivity index (χ4v) is 2.33. The van der Waals surface area contributed by atoms with Gasteiger partial charge < -0.3 is 19.9 Å². The molecule has 2 aliphatic heterocycles. The van der Waals surface area contributed by atoms with Crippen molar-refractivity contribution in [2.45, 2.75) is 12.0 Å². The van der Waals surface area contributed by atoms with Crippen LogP contribution in [0.2, 0.25) is 5.02 Å². The number of ether oxygens (including phenoxy) is 2. The predicted molar refractivity (Wildman–Crippen MR) is 59.1 cm³/mol. The smallest absolute Gasteiger partial charge is 0.231 e. The number of rotatable bonds is 2. The van der Waals surface area contributed by atoms with E-state index in [-0.39, 0.29) is 6.79 Å². The lowest BCUT2D eigenvalue weighted by Gasteiger charge is -2.37. The van der Waals surface area contributed by atoms with Gasteiger partial charge in [0, 0.05) is 19.5 Å². The van der Waals surface area contributed by atoms with Crippen molar-refractivity contribution in [3.05, 3.63) is 22.7 Å². The van der Waals surface area contributed by atoms with Crippen LogP contribution >= 0.6 is 11.6 Å². The van der Waals surface area contributed by atoms with Crippen LogP contribution < -0.4 is 14.8 Å². The molecule has 5 heteroatoms. The molecule has 0 atom stereocenters. The molecule has 0 saturated carbocycles. The van der Waals surface area contributed by atoms with Crippen molar-refractivity contribution in [1.29, 1.82) is 0 Å². The molecular formula is C11H12ClNO3. The first-order chi connectivity index (χ1) is 7.66. The van der Waals surface area contributed by atoms with Crippen molar-refractivity contribution in [2.75, 3.05) is 19.9 Å². The third-order valence-electron chi connectivity index (χ3n) is 2.93. The van der Waals surface area contributed by atoms with Crippen LogP contribution in [0, 0.1) is 0 Å². The summed E-state index contributed by atoms with van der Waals surface area (Å²) in [5.74, 6) is 1.27. The molecule has 1 saturated heterocycles. The van der Waals surface area contributed by atoms with E-state index in [1.165, 1.54) is 0 Å². The first-order valence-corrected chi connectivity index (χ1v) is 5.55. The van der Waals surface area contributed by atoms with Crippen LogP contribution in [-0.4, -0.2) is 30.6 Å². The van der Waals surface area contributed by atoms with Crippen molar-refractivity contribution in [3.63, 3.8) is 0 Å². The van der Waals surface area contributed by atoms with Crippen molar-refractivity contribution < 1.29 is 14.6 Å². The number of fused-ring (bicyclic) bond motifs is 1. The number of benzene rings is 1. The Morgan fingerprint density at radius 1 is 1.38 bits per heavy atom. The van der Waals surface area contributed by atoms with E-state index in [1.54, 1.807) is 0 Å². The van der Waals surface area contributed by atoms with E-state index in [9.17, 15) is 5.11 Å². The van der Waals surface area contributed by atoms with E-state index in [2.05, 4.69) is 5.32 Å². The van der Waals surface area contributed by atoms with Crippen LogP contribution in [0.25, 0.3) is 0 Å². The quantitative estimate of drug-likeness (QED) is 0.810. The van der Waals surface area contributed by atoms with Crippen LogP contribution in [0.15, 0.2) is 12.1 Å². The molecule has 0 bridgehead atoms. The highest BCUT2D eigenvalue weighted by molar-refractivity contribution is 6.32. The lowest BCUT2D eigenvalue weighted by molar-refractivity contribution is -0.00903. The first kappa shape index (κ1) is 10.2. The van der Waals surface area contributed by atoms with Gasteiger partial charge in [-0.15, -0.1) is 0 Å². The minimum atomic E-state index is -0.642. The van der Waals surface area contributed by atoms with Crippen LogP contribution in [0.1, 0.15) is 5.56 Å². The van der Waals surface area contributed by atoms with E-state index in [1.807, 2.05) is 12.1 Å². The Labute approximate surface area is 98.1 Å². The standard InChI is InChI=1S/C11H12ClNO3/c12-8-1-7(3-11(14)4-13-5-11)2-9-10(8)16-6-15-9/h1-2,13-14H,3-6H2. The molecule has 1 aromatic carbocycles. The van der Waals surface area contributed by atoms with Crippen LogP contribution in [0.5, 0.6) is 11.5 Å². The lowest BCUT2D eigenvalue weighted by Crippen LogP contribution is -2.60. The predicted octanol–water partition coefficient (Wildman–Crippen LogP) is 0.946. The highest BCUT2D eigenvalue weighted by atomic mass is 35.5. The minimum Gasteiger partial charge on any atom is -0.454 e. The van der Waals surface area contributed by atoms with Crippen molar-refractivity contribution in [1.82, 2.24) is 5.32 Å². The maximum Gasteiger partial charge on any atom is 0.231 e. The van der Waals surface area contributed by atoms with Gasteiger partial charge in [-0.05, 0) is 17.7 Å². The molecule has 2 aliphatic rings. The molecule has 2 N–H and O–H groups in total. The SMILES string of the molecule is OC1(Cc2cc(Cl)c3c(c2)OCO3)CNC1. The molecule has 0 radical (unpaired) electrons. The number of hydrogen-bond acceptors (Lipinski definition) is 4. The zero-order valence-corrected chi connectivity index (χ0v) is 9.38. The van der Waals surface area contributed by atoms with Crippen molar-refractivity contribution in [3.8, 4) is 11.5 Å². The summed E-state index contributed by atoms with van der Waals surface area (Å²) in [5, 5.41) is 13.6. The Bertz CT molecular complexity index is 431. The molecule has 0 amide bonds.